The number of aliphatic hydroxyl groups excluding tert-OH is 1. The Morgan fingerprint density at radius 1 is 0.975 bits per heavy atom. The summed E-state index contributed by atoms with van der Waals surface area (Å²) in [6.07, 6.45) is -6.00. The van der Waals surface area contributed by atoms with Crippen molar-refractivity contribution in [3.05, 3.63) is 88.5 Å². The third-order valence-electron chi connectivity index (χ3n) is 6.18. The molecule has 0 aromatic heterocycles. The highest BCUT2D eigenvalue weighted by molar-refractivity contribution is 5.77. The lowest BCUT2D eigenvalue weighted by atomic mass is 9.94. The molecule has 11 heteroatoms. The molecule has 216 valence electrons. The molecule has 1 unspecified atom stereocenters. The summed E-state index contributed by atoms with van der Waals surface area (Å²) in [6.45, 7) is 3.62. The second-order valence-corrected chi connectivity index (χ2v) is 8.98. The van der Waals surface area contributed by atoms with Gasteiger partial charge in [-0.25, -0.2) is 8.78 Å². The summed E-state index contributed by atoms with van der Waals surface area (Å²) in [7, 11) is 1.43. The van der Waals surface area contributed by atoms with Crippen molar-refractivity contribution >= 4 is 5.97 Å². The van der Waals surface area contributed by atoms with Gasteiger partial charge in [0.1, 0.15) is 17.4 Å². The Labute approximate surface area is 229 Å². The van der Waals surface area contributed by atoms with Crippen LogP contribution in [-0.4, -0.2) is 42.6 Å². The highest BCUT2D eigenvalue weighted by atomic mass is 19.4. The molecule has 40 heavy (non-hydrogen) atoms. The number of hydrogen-bond acceptors (Lipinski definition) is 6. The molecule has 0 aliphatic heterocycles. The van der Waals surface area contributed by atoms with Crippen LogP contribution in [0.2, 0.25) is 0 Å². The van der Waals surface area contributed by atoms with Crippen LogP contribution < -0.4 is 10.1 Å². The molecule has 0 saturated carbocycles. The molecule has 0 spiro atoms. The molecular weight excluding hydrogens is 535 g/mol. The molecule has 0 fully saturated rings. The van der Waals surface area contributed by atoms with E-state index in [0.29, 0.717) is 22.4 Å². The van der Waals surface area contributed by atoms with E-state index in [4.69, 9.17) is 9.47 Å². The van der Waals surface area contributed by atoms with Crippen molar-refractivity contribution in [2.45, 2.75) is 45.9 Å². The molecule has 0 aliphatic carbocycles. The number of carbonyl (C=O) groups excluding carboxylic acids is 1. The number of aliphatic hydroxyl groups is 1. The molecule has 0 saturated heterocycles. The molecule has 3 aromatic carbocycles. The first-order valence-electron chi connectivity index (χ1n) is 12.6. The minimum atomic E-state index is -4.61. The Bertz CT molecular complexity index is 1300. The lowest BCUT2D eigenvalue weighted by Crippen LogP contribution is -2.44. The fourth-order valence-corrected chi connectivity index (χ4v) is 4.26. The van der Waals surface area contributed by atoms with Crippen molar-refractivity contribution in [3.8, 4) is 16.9 Å². The topological polar surface area (TPSA) is 71.0 Å². The molecule has 2 N–H and O–H groups in total. The molecule has 6 nitrogen and oxygen atoms in total. The van der Waals surface area contributed by atoms with Crippen LogP contribution in [0.1, 0.15) is 36.1 Å². The van der Waals surface area contributed by atoms with E-state index in [2.05, 4.69) is 5.32 Å². The zero-order chi connectivity index (χ0) is 29.4. The van der Waals surface area contributed by atoms with Crippen molar-refractivity contribution in [1.29, 1.82) is 0 Å². The Morgan fingerprint density at radius 2 is 1.68 bits per heavy atom. The quantitative estimate of drug-likeness (QED) is 0.168. The summed E-state index contributed by atoms with van der Waals surface area (Å²) in [6, 6.07) is 11.2. The molecule has 1 atom stereocenters. The van der Waals surface area contributed by atoms with Crippen molar-refractivity contribution < 1.29 is 41.3 Å². The minimum Gasteiger partial charge on any atom is -0.496 e. The first kappa shape index (κ1) is 31.0. The average molecular weight is 567 g/mol. The van der Waals surface area contributed by atoms with Gasteiger partial charge in [0.05, 0.1) is 25.7 Å². The monoisotopic (exact) mass is 566 g/mol. The van der Waals surface area contributed by atoms with E-state index in [1.165, 1.54) is 18.1 Å². The summed E-state index contributed by atoms with van der Waals surface area (Å²) in [5.74, 6) is -1.61. The number of nitrogens with zero attached hydrogens (tertiary/aromatic N) is 1. The van der Waals surface area contributed by atoms with Gasteiger partial charge in [-0.3, -0.25) is 15.0 Å². The number of benzene rings is 3. The maximum absolute atomic E-state index is 13.7. The van der Waals surface area contributed by atoms with Gasteiger partial charge in [-0.1, -0.05) is 19.1 Å². The first-order chi connectivity index (χ1) is 18.9. The molecule has 0 aliphatic rings. The van der Waals surface area contributed by atoms with Crippen LogP contribution in [0.5, 0.6) is 5.75 Å². The molecule has 3 rings (SSSR count). The SMILES string of the molecule is CCOC(=O)Cc1ccc(OC)c(-c2ccc(C(F)(F)F)cc2CN(CC)C(O)NCc2cc(F)cc(F)c2)c1. The van der Waals surface area contributed by atoms with Crippen LogP contribution in [0.4, 0.5) is 22.0 Å². The molecular formula is C29H31F5N2O4. The number of ether oxygens (including phenoxy) is 2. The van der Waals surface area contributed by atoms with Crippen LogP contribution in [-0.2, 0) is 35.2 Å². The Hall–Kier alpha value is -3.54. The predicted molar refractivity (Wildman–Crippen MR) is 139 cm³/mol. The number of hydrogen-bond donors (Lipinski definition) is 2. The Morgan fingerprint density at radius 3 is 2.27 bits per heavy atom. The zero-order valence-corrected chi connectivity index (χ0v) is 22.3. The van der Waals surface area contributed by atoms with E-state index < -0.39 is 35.7 Å². The van der Waals surface area contributed by atoms with Crippen LogP contribution in [0.25, 0.3) is 11.1 Å². The third kappa shape index (κ3) is 8.23. The molecule has 3 aromatic rings. The van der Waals surface area contributed by atoms with Gasteiger partial charge in [-0.05, 0) is 72.1 Å². The number of carbonyl (C=O) groups is 1. The van der Waals surface area contributed by atoms with Gasteiger partial charge < -0.3 is 14.6 Å². The van der Waals surface area contributed by atoms with Crippen LogP contribution in [0.3, 0.4) is 0 Å². The van der Waals surface area contributed by atoms with Gasteiger partial charge in [-0.2, -0.15) is 13.2 Å². The third-order valence-corrected chi connectivity index (χ3v) is 6.18. The van der Waals surface area contributed by atoms with E-state index in [0.717, 1.165) is 30.3 Å². The summed E-state index contributed by atoms with van der Waals surface area (Å²) in [4.78, 5) is 13.5. The minimum absolute atomic E-state index is 0.0365. The zero-order valence-electron chi connectivity index (χ0n) is 22.3. The first-order valence-corrected chi connectivity index (χ1v) is 12.6. The highest BCUT2D eigenvalue weighted by Gasteiger charge is 2.32. The van der Waals surface area contributed by atoms with E-state index in [1.807, 2.05) is 0 Å². The summed E-state index contributed by atoms with van der Waals surface area (Å²) in [5.41, 5.74) is 1.06. The summed E-state index contributed by atoms with van der Waals surface area (Å²) < 4.78 is 78.5. The maximum atomic E-state index is 13.7. The number of alkyl halides is 3. The van der Waals surface area contributed by atoms with Crippen LogP contribution >= 0.6 is 0 Å². The van der Waals surface area contributed by atoms with Gasteiger partial charge in [0.15, 0.2) is 6.35 Å². The largest absolute Gasteiger partial charge is 0.496 e. The summed E-state index contributed by atoms with van der Waals surface area (Å²) >= 11 is 0. The van der Waals surface area contributed by atoms with Crippen molar-refractivity contribution in [2.75, 3.05) is 20.3 Å². The summed E-state index contributed by atoms with van der Waals surface area (Å²) in [5, 5.41) is 13.5. The van der Waals surface area contributed by atoms with Gasteiger partial charge in [0.25, 0.3) is 0 Å². The highest BCUT2D eigenvalue weighted by Crippen LogP contribution is 2.38. The smallest absolute Gasteiger partial charge is 0.416 e. The standard InChI is InChI=1S/C29H31F5N2O4/c1-4-36(28(38)35-16-19-10-22(30)15-23(31)11-19)17-20-14-21(29(32,33)34)7-8-24(20)25-12-18(6-9-26(25)39-3)13-27(37)40-5-2/h6-12,14-15,28,35,38H,4-5,13,16-17H2,1-3H3. The lowest BCUT2D eigenvalue weighted by molar-refractivity contribution is -0.142. The Kier molecular flexibility index (Phi) is 10.6. The number of methoxy groups -OCH3 is 1. The average Bonchev–Trinajstić information content (AvgIpc) is 2.89. The number of rotatable bonds is 12. The second-order valence-electron chi connectivity index (χ2n) is 8.98. The van der Waals surface area contributed by atoms with E-state index in [9.17, 15) is 31.9 Å². The predicted octanol–water partition coefficient (Wildman–Crippen LogP) is 5.65. The van der Waals surface area contributed by atoms with Crippen molar-refractivity contribution in [1.82, 2.24) is 10.2 Å². The lowest BCUT2D eigenvalue weighted by Gasteiger charge is -2.29. The van der Waals surface area contributed by atoms with Gasteiger partial charge >= 0.3 is 12.1 Å². The maximum Gasteiger partial charge on any atom is 0.416 e. The van der Waals surface area contributed by atoms with E-state index in [-0.39, 0.29) is 43.8 Å². The van der Waals surface area contributed by atoms with Gasteiger partial charge in [0, 0.05) is 24.7 Å². The van der Waals surface area contributed by atoms with E-state index in [1.54, 1.807) is 32.0 Å². The van der Waals surface area contributed by atoms with Gasteiger partial charge in [0.2, 0.25) is 0 Å². The molecule has 0 bridgehead atoms. The molecule has 0 heterocycles. The van der Waals surface area contributed by atoms with Crippen LogP contribution in [0.15, 0.2) is 54.6 Å². The van der Waals surface area contributed by atoms with Crippen molar-refractivity contribution in [3.63, 3.8) is 0 Å². The number of nitrogens with one attached hydrogen (secondary N) is 1. The van der Waals surface area contributed by atoms with Crippen molar-refractivity contribution in [2.24, 2.45) is 0 Å². The normalized spacial score (nSPS) is 12.4. The second kappa shape index (κ2) is 13.7. The Balaban J connectivity index is 1.96. The van der Waals surface area contributed by atoms with Gasteiger partial charge in [-0.15, -0.1) is 0 Å². The molecule has 0 radical (unpaired) electrons. The van der Waals surface area contributed by atoms with Crippen LogP contribution in [0, 0.1) is 11.6 Å². The number of esters is 1. The number of halogens is 5. The fourth-order valence-electron chi connectivity index (χ4n) is 4.26. The fraction of sp³-hybridized carbons (Fsp3) is 0.345. The molecule has 0 amide bonds. The van der Waals surface area contributed by atoms with E-state index >= 15 is 0 Å².